The van der Waals surface area contributed by atoms with E-state index < -0.39 is 10.7 Å². The maximum atomic E-state index is 11.2. The van der Waals surface area contributed by atoms with Gasteiger partial charge >= 0.3 is 0 Å². The number of aliphatic hydroxyl groups is 1. The molecule has 2 rings (SSSR count). The molecular formula is C10H9NO2S. The number of rotatable bonds is 1. The maximum Gasteiger partial charge on any atom is 0.171 e. The van der Waals surface area contributed by atoms with Gasteiger partial charge in [0.2, 0.25) is 0 Å². The van der Waals surface area contributed by atoms with Gasteiger partial charge in [-0.3, -0.25) is 9.57 Å². The summed E-state index contributed by atoms with van der Waals surface area (Å²) in [7, 11) is -1.02. The third-order valence-electron chi connectivity index (χ3n) is 2.10. The van der Waals surface area contributed by atoms with E-state index >= 15 is 0 Å². The first-order valence-corrected chi connectivity index (χ1v) is 5.34. The smallest absolute Gasteiger partial charge is 0.171 e. The number of ketones is 1. The van der Waals surface area contributed by atoms with Gasteiger partial charge in [-0.15, -0.1) is 0 Å². The molecule has 1 aromatic rings. The van der Waals surface area contributed by atoms with Crippen molar-refractivity contribution in [3.05, 3.63) is 34.7 Å². The number of Topliss-reactive ketones (excluding diaryl/α,β-unsaturated/α-hetero) is 1. The fourth-order valence-electron chi connectivity index (χ4n) is 1.48. The Morgan fingerprint density at radius 3 is 2.64 bits per heavy atom. The molecule has 1 aliphatic rings. The highest BCUT2D eigenvalue weighted by molar-refractivity contribution is 7.91. The van der Waals surface area contributed by atoms with Gasteiger partial charge in [0, 0.05) is 10.5 Å². The molecular weight excluding hydrogens is 198 g/mol. The predicted octanol–water partition coefficient (Wildman–Crippen LogP) is 2.26. The average Bonchev–Trinajstić information content (AvgIpc) is 2.41. The Balaban J connectivity index is 2.69. The van der Waals surface area contributed by atoms with Gasteiger partial charge in [0.25, 0.3) is 0 Å². The maximum absolute atomic E-state index is 11.2. The van der Waals surface area contributed by atoms with Gasteiger partial charge in [-0.1, -0.05) is 18.2 Å². The van der Waals surface area contributed by atoms with E-state index in [0.717, 1.165) is 4.90 Å². The summed E-state index contributed by atoms with van der Waals surface area (Å²) >= 11 is 0. The van der Waals surface area contributed by atoms with Crippen molar-refractivity contribution in [1.29, 1.82) is 4.78 Å². The molecule has 0 bridgehead atoms. The molecule has 1 aliphatic heterocycles. The zero-order valence-corrected chi connectivity index (χ0v) is 8.39. The SMILES string of the molecule is CC(=O)C1=C(O)c2ccccc2S1=N. The van der Waals surface area contributed by atoms with E-state index in [1.54, 1.807) is 18.2 Å². The van der Waals surface area contributed by atoms with Crippen molar-refractivity contribution in [2.75, 3.05) is 0 Å². The van der Waals surface area contributed by atoms with Gasteiger partial charge < -0.3 is 5.11 Å². The van der Waals surface area contributed by atoms with Crippen molar-refractivity contribution < 1.29 is 9.90 Å². The van der Waals surface area contributed by atoms with Gasteiger partial charge in [0.05, 0.1) is 0 Å². The predicted molar refractivity (Wildman–Crippen MR) is 55.0 cm³/mol. The molecule has 1 unspecified atom stereocenters. The summed E-state index contributed by atoms with van der Waals surface area (Å²) in [5.74, 6) is -0.247. The van der Waals surface area contributed by atoms with Crippen LogP contribution in [0, 0.1) is 4.78 Å². The minimum atomic E-state index is -1.02. The second kappa shape index (κ2) is 3.06. The Morgan fingerprint density at radius 2 is 2.07 bits per heavy atom. The first kappa shape index (κ1) is 9.15. The second-order valence-corrected chi connectivity index (χ2v) is 4.50. The number of carbonyl (C=O) groups is 1. The van der Waals surface area contributed by atoms with Crippen molar-refractivity contribution in [2.45, 2.75) is 11.8 Å². The highest BCUT2D eigenvalue weighted by Crippen LogP contribution is 2.35. The van der Waals surface area contributed by atoms with Crippen molar-refractivity contribution in [1.82, 2.24) is 0 Å². The minimum Gasteiger partial charge on any atom is -0.506 e. The van der Waals surface area contributed by atoms with Gasteiger partial charge in [0.1, 0.15) is 10.7 Å². The Morgan fingerprint density at radius 1 is 1.43 bits per heavy atom. The van der Waals surface area contributed by atoms with E-state index in [1.807, 2.05) is 6.07 Å². The number of hydrogen-bond donors (Lipinski definition) is 2. The lowest BCUT2D eigenvalue weighted by atomic mass is 10.1. The number of benzene rings is 1. The largest absolute Gasteiger partial charge is 0.506 e. The lowest BCUT2D eigenvalue weighted by Gasteiger charge is -1.98. The van der Waals surface area contributed by atoms with Crippen LogP contribution in [0.15, 0.2) is 34.1 Å². The topological polar surface area (TPSA) is 61.1 Å². The summed E-state index contributed by atoms with van der Waals surface area (Å²) < 4.78 is 7.82. The first-order valence-electron chi connectivity index (χ1n) is 4.12. The molecule has 2 N–H and O–H groups in total. The van der Waals surface area contributed by atoms with Gasteiger partial charge in [-0.05, 0) is 23.7 Å². The van der Waals surface area contributed by atoms with Crippen LogP contribution in [-0.2, 0) is 15.5 Å². The molecule has 14 heavy (non-hydrogen) atoms. The highest BCUT2D eigenvalue weighted by Gasteiger charge is 2.27. The molecule has 0 spiro atoms. The number of aliphatic hydroxyl groups excluding tert-OH is 1. The van der Waals surface area contributed by atoms with E-state index in [2.05, 4.69) is 0 Å². The monoisotopic (exact) mass is 207 g/mol. The zero-order chi connectivity index (χ0) is 10.3. The van der Waals surface area contributed by atoms with Crippen molar-refractivity contribution in [3.8, 4) is 0 Å². The van der Waals surface area contributed by atoms with E-state index in [9.17, 15) is 9.90 Å². The molecule has 1 aromatic carbocycles. The van der Waals surface area contributed by atoms with Crippen LogP contribution in [0.25, 0.3) is 5.76 Å². The molecule has 1 heterocycles. The fraction of sp³-hybridized carbons (Fsp3) is 0.100. The highest BCUT2D eigenvalue weighted by atomic mass is 32.2. The summed E-state index contributed by atoms with van der Waals surface area (Å²) in [6.07, 6.45) is 0. The molecule has 0 aliphatic carbocycles. The summed E-state index contributed by atoms with van der Waals surface area (Å²) in [4.78, 5) is 12.2. The van der Waals surface area contributed by atoms with Crippen LogP contribution < -0.4 is 0 Å². The molecule has 0 radical (unpaired) electrons. The van der Waals surface area contributed by atoms with Crippen LogP contribution >= 0.6 is 0 Å². The van der Waals surface area contributed by atoms with Crippen molar-refractivity contribution in [3.63, 3.8) is 0 Å². The van der Waals surface area contributed by atoms with Crippen LogP contribution in [-0.4, -0.2) is 10.9 Å². The summed E-state index contributed by atoms with van der Waals surface area (Å²) in [6.45, 7) is 1.38. The molecule has 0 fully saturated rings. The Labute approximate surface area is 84.0 Å². The van der Waals surface area contributed by atoms with Crippen LogP contribution in [0.4, 0.5) is 0 Å². The van der Waals surface area contributed by atoms with Crippen LogP contribution in [0.3, 0.4) is 0 Å². The standard InChI is InChI=1S/C10H9NO2S/c1-6(12)10-9(13)7-4-2-3-5-8(7)14(10)11/h2-5,11,13H,1H3. The van der Waals surface area contributed by atoms with E-state index in [1.165, 1.54) is 6.92 Å². The number of allylic oxidation sites excluding steroid dienone is 1. The summed E-state index contributed by atoms with van der Waals surface area (Å²) in [6, 6.07) is 7.10. The third-order valence-corrected chi connectivity index (χ3v) is 3.79. The molecule has 1 atom stereocenters. The number of carbonyl (C=O) groups excluding carboxylic acids is 1. The molecule has 4 heteroatoms. The molecule has 0 saturated heterocycles. The van der Waals surface area contributed by atoms with Crippen molar-refractivity contribution in [2.24, 2.45) is 0 Å². The Kier molecular flexibility index (Phi) is 2.00. The van der Waals surface area contributed by atoms with Crippen LogP contribution in [0.2, 0.25) is 0 Å². The molecule has 72 valence electrons. The Hall–Kier alpha value is -1.42. The second-order valence-electron chi connectivity index (χ2n) is 3.04. The first-order chi connectivity index (χ1) is 6.63. The van der Waals surface area contributed by atoms with E-state index in [0.29, 0.717) is 5.56 Å². The van der Waals surface area contributed by atoms with Gasteiger partial charge in [-0.25, -0.2) is 0 Å². The van der Waals surface area contributed by atoms with E-state index in [4.69, 9.17) is 4.78 Å². The van der Waals surface area contributed by atoms with Crippen molar-refractivity contribution >= 4 is 22.2 Å². The fourth-order valence-corrected chi connectivity index (χ4v) is 2.89. The normalized spacial score (nSPS) is 19.6. The van der Waals surface area contributed by atoms with Crippen LogP contribution in [0.1, 0.15) is 12.5 Å². The van der Waals surface area contributed by atoms with Crippen LogP contribution in [0.5, 0.6) is 0 Å². The van der Waals surface area contributed by atoms with Gasteiger partial charge in [-0.2, -0.15) is 0 Å². The molecule has 0 aromatic heterocycles. The lowest BCUT2D eigenvalue weighted by Crippen LogP contribution is -2.00. The van der Waals surface area contributed by atoms with Gasteiger partial charge in [0.15, 0.2) is 5.78 Å². The Bertz CT molecular complexity index is 477. The van der Waals surface area contributed by atoms with E-state index in [-0.39, 0.29) is 16.4 Å². The average molecular weight is 207 g/mol. The number of fused-ring (bicyclic) bond motifs is 1. The molecule has 0 amide bonds. The third kappa shape index (κ3) is 1.11. The quantitative estimate of drug-likeness (QED) is 0.742. The number of nitrogens with one attached hydrogen (secondary N) is 1. The minimum absolute atomic E-state index is 0.0218. The number of hydrogen-bond acceptors (Lipinski definition) is 3. The molecule has 0 saturated carbocycles. The summed E-state index contributed by atoms with van der Waals surface area (Å²) in [5, 5.41) is 9.73. The molecule has 3 nitrogen and oxygen atoms in total. The lowest BCUT2D eigenvalue weighted by molar-refractivity contribution is -0.112. The summed E-state index contributed by atoms with van der Waals surface area (Å²) in [5.41, 5.74) is 0.621. The zero-order valence-electron chi connectivity index (χ0n) is 7.57.